The normalized spacial score (nSPS) is 11.6. The summed E-state index contributed by atoms with van der Waals surface area (Å²) < 4.78 is 13.1. The molecule has 0 aromatic heterocycles. The molecule has 0 radical (unpaired) electrons. The van der Waals surface area contributed by atoms with Crippen LogP contribution in [0.2, 0.25) is 0 Å². The Morgan fingerprint density at radius 2 is 1.76 bits per heavy atom. The van der Waals surface area contributed by atoms with Crippen molar-refractivity contribution in [3.05, 3.63) is 71.0 Å². The zero-order valence-electron chi connectivity index (χ0n) is 13.2. The molecular weight excluding hydrogens is 327 g/mol. The molecule has 0 saturated carbocycles. The van der Waals surface area contributed by atoms with Crippen molar-refractivity contribution in [2.24, 2.45) is 5.73 Å². The second kappa shape index (κ2) is 8.05. The summed E-state index contributed by atoms with van der Waals surface area (Å²) in [5.74, 6) is -2.68. The molecule has 2 aromatic rings. The van der Waals surface area contributed by atoms with Gasteiger partial charge in [0.1, 0.15) is 11.9 Å². The molecule has 2 aromatic carbocycles. The lowest BCUT2D eigenvalue weighted by atomic mass is 10.0. The summed E-state index contributed by atoms with van der Waals surface area (Å²) in [6.07, 6.45) is 0.0453. The zero-order chi connectivity index (χ0) is 18.4. The zero-order valence-corrected chi connectivity index (χ0v) is 13.2. The molecule has 0 saturated heterocycles. The van der Waals surface area contributed by atoms with Gasteiger partial charge in [0.2, 0.25) is 11.8 Å². The van der Waals surface area contributed by atoms with Gasteiger partial charge in [0.05, 0.1) is 12.0 Å². The second-order valence-corrected chi connectivity index (χ2v) is 5.54. The molecule has 0 fully saturated rings. The summed E-state index contributed by atoms with van der Waals surface area (Å²) in [5.41, 5.74) is 6.57. The third kappa shape index (κ3) is 5.42. The molecule has 4 N–H and O–H groups in total. The van der Waals surface area contributed by atoms with Crippen LogP contribution in [0.15, 0.2) is 48.5 Å². The highest BCUT2D eigenvalue weighted by Gasteiger charge is 2.19. The van der Waals surface area contributed by atoms with Crippen molar-refractivity contribution in [3.8, 4) is 0 Å². The third-order valence-corrected chi connectivity index (χ3v) is 3.57. The van der Waals surface area contributed by atoms with E-state index >= 15 is 0 Å². The van der Waals surface area contributed by atoms with E-state index in [-0.39, 0.29) is 18.4 Å². The fourth-order valence-corrected chi connectivity index (χ4v) is 2.32. The number of hydrogen-bond acceptors (Lipinski definition) is 3. The lowest BCUT2D eigenvalue weighted by Crippen LogP contribution is -2.46. The molecule has 1 atom stereocenters. The van der Waals surface area contributed by atoms with E-state index in [0.29, 0.717) is 11.1 Å². The van der Waals surface area contributed by atoms with Gasteiger partial charge in [-0.05, 0) is 35.4 Å². The summed E-state index contributed by atoms with van der Waals surface area (Å²) in [4.78, 5) is 34.5. The number of rotatable bonds is 7. The number of nitrogens with one attached hydrogen (secondary N) is 1. The Bertz CT molecular complexity index is 790. The minimum atomic E-state index is -1.05. The smallest absolute Gasteiger partial charge is 0.335 e. The van der Waals surface area contributed by atoms with Gasteiger partial charge >= 0.3 is 5.97 Å². The summed E-state index contributed by atoms with van der Waals surface area (Å²) in [6, 6.07) is 10.6. The Hall–Kier alpha value is -3.22. The monoisotopic (exact) mass is 344 g/mol. The molecule has 130 valence electrons. The van der Waals surface area contributed by atoms with Crippen LogP contribution in [0.3, 0.4) is 0 Å². The standard InChI is InChI=1S/C18H17FN2O4/c19-14-3-1-2-12(8-14)10-16(22)21-15(17(20)23)9-11-4-6-13(7-5-11)18(24)25/h1-8,15H,9-10H2,(H2,20,23)(H,21,22)(H,24,25)/t15-/m0/s1. The number of carbonyl (C=O) groups is 3. The first-order valence-electron chi connectivity index (χ1n) is 7.50. The van der Waals surface area contributed by atoms with E-state index < -0.39 is 29.6 Å². The molecule has 0 aliphatic carbocycles. The summed E-state index contributed by atoms with van der Waals surface area (Å²) in [6.45, 7) is 0. The van der Waals surface area contributed by atoms with E-state index in [4.69, 9.17) is 10.8 Å². The molecule has 0 spiro atoms. The van der Waals surface area contributed by atoms with E-state index in [1.807, 2.05) is 0 Å². The topological polar surface area (TPSA) is 109 Å². The maximum Gasteiger partial charge on any atom is 0.335 e. The number of carboxylic acids is 1. The maximum absolute atomic E-state index is 13.1. The van der Waals surface area contributed by atoms with Crippen LogP contribution in [0.5, 0.6) is 0 Å². The predicted molar refractivity (Wildman–Crippen MR) is 88.3 cm³/mol. The number of carboxylic acid groups (broad SMARTS) is 1. The Balaban J connectivity index is 2.01. The number of hydrogen-bond donors (Lipinski definition) is 3. The number of primary amides is 1. The fourth-order valence-electron chi connectivity index (χ4n) is 2.32. The Kier molecular flexibility index (Phi) is 5.84. The molecule has 6 nitrogen and oxygen atoms in total. The minimum Gasteiger partial charge on any atom is -0.478 e. The van der Waals surface area contributed by atoms with Gasteiger partial charge in [-0.2, -0.15) is 0 Å². The molecule has 0 aliphatic rings. The van der Waals surface area contributed by atoms with Crippen LogP contribution >= 0.6 is 0 Å². The summed E-state index contributed by atoms with van der Waals surface area (Å²) in [5, 5.41) is 11.4. The van der Waals surface area contributed by atoms with Crippen LogP contribution in [0, 0.1) is 5.82 Å². The van der Waals surface area contributed by atoms with Crippen molar-refractivity contribution in [3.63, 3.8) is 0 Å². The van der Waals surface area contributed by atoms with Gasteiger partial charge in [-0.25, -0.2) is 9.18 Å². The molecule has 0 bridgehead atoms. The van der Waals surface area contributed by atoms with Gasteiger partial charge in [0.25, 0.3) is 0 Å². The van der Waals surface area contributed by atoms with Gasteiger partial charge in [-0.1, -0.05) is 24.3 Å². The van der Waals surface area contributed by atoms with Crippen molar-refractivity contribution in [1.29, 1.82) is 0 Å². The van der Waals surface area contributed by atoms with E-state index in [2.05, 4.69) is 5.32 Å². The van der Waals surface area contributed by atoms with Crippen LogP contribution in [0.4, 0.5) is 4.39 Å². The van der Waals surface area contributed by atoms with E-state index in [0.717, 1.165) is 0 Å². The predicted octanol–water partition coefficient (Wildman–Crippen LogP) is 1.28. The van der Waals surface area contributed by atoms with Gasteiger partial charge < -0.3 is 16.2 Å². The van der Waals surface area contributed by atoms with Gasteiger partial charge in [0, 0.05) is 6.42 Å². The van der Waals surface area contributed by atoms with Gasteiger partial charge in [0.15, 0.2) is 0 Å². The number of aromatic carboxylic acids is 1. The molecule has 0 unspecified atom stereocenters. The number of halogens is 1. The van der Waals surface area contributed by atoms with Gasteiger partial charge in [-0.3, -0.25) is 9.59 Å². The number of carbonyl (C=O) groups excluding carboxylic acids is 2. The van der Waals surface area contributed by atoms with Crippen molar-refractivity contribution in [2.45, 2.75) is 18.9 Å². The first-order chi connectivity index (χ1) is 11.8. The molecule has 25 heavy (non-hydrogen) atoms. The quantitative estimate of drug-likeness (QED) is 0.703. The van der Waals surface area contributed by atoms with Crippen molar-refractivity contribution in [1.82, 2.24) is 5.32 Å². The second-order valence-electron chi connectivity index (χ2n) is 5.54. The highest BCUT2D eigenvalue weighted by Crippen LogP contribution is 2.08. The van der Waals surface area contributed by atoms with Gasteiger partial charge in [-0.15, -0.1) is 0 Å². The lowest BCUT2D eigenvalue weighted by Gasteiger charge is -2.16. The average molecular weight is 344 g/mol. The minimum absolute atomic E-state index is 0.0838. The molecular formula is C18H17FN2O4. The van der Waals surface area contributed by atoms with E-state index in [1.54, 1.807) is 18.2 Å². The fraction of sp³-hybridized carbons (Fsp3) is 0.167. The highest BCUT2D eigenvalue weighted by atomic mass is 19.1. The van der Waals surface area contributed by atoms with Crippen LogP contribution in [0.1, 0.15) is 21.5 Å². The first kappa shape index (κ1) is 18.1. The highest BCUT2D eigenvalue weighted by molar-refractivity contribution is 5.88. The van der Waals surface area contributed by atoms with E-state index in [9.17, 15) is 18.8 Å². The molecule has 2 rings (SSSR count). The van der Waals surface area contributed by atoms with E-state index in [1.165, 1.54) is 30.3 Å². The maximum atomic E-state index is 13.1. The average Bonchev–Trinajstić information content (AvgIpc) is 2.54. The Morgan fingerprint density at radius 1 is 1.08 bits per heavy atom. The Labute approximate surface area is 143 Å². The SMILES string of the molecule is NC(=O)[C@H](Cc1ccc(C(=O)O)cc1)NC(=O)Cc1cccc(F)c1. The molecule has 0 heterocycles. The number of nitrogens with two attached hydrogens (primary N) is 1. The third-order valence-electron chi connectivity index (χ3n) is 3.57. The molecule has 2 amide bonds. The van der Waals surface area contributed by atoms with Crippen molar-refractivity contribution < 1.29 is 23.9 Å². The van der Waals surface area contributed by atoms with Crippen LogP contribution in [-0.4, -0.2) is 28.9 Å². The Morgan fingerprint density at radius 3 is 2.32 bits per heavy atom. The number of amides is 2. The van der Waals surface area contributed by atoms with Crippen LogP contribution in [-0.2, 0) is 22.4 Å². The summed E-state index contributed by atoms with van der Waals surface area (Å²) in [7, 11) is 0. The van der Waals surface area contributed by atoms with Crippen LogP contribution < -0.4 is 11.1 Å². The first-order valence-corrected chi connectivity index (χ1v) is 7.50. The van der Waals surface area contributed by atoms with Crippen molar-refractivity contribution >= 4 is 17.8 Å². The molecule has 0 aliphatic heterocycles. The van der Waals surface area contributed by atoms with Crippen molar-refractivity contribution in [2.75, 3.05) is 0 Å². The largest absolute Gasteiger partial charge is 0.478 e. The molecule has 7 heteroatoms. The lowest BCUT2D eigenvalue weighted by molar-refractivity contribution is -0.127. The number of benzene rings is 2. The van der Waals surface area contributed by atoms with Crippen LogP contribution in [0.25, 0.3) is 0 Å². The summed E-state index contributed by atoms with van der Waals surface area (Å²) >= 11 is 0.